The lowest BCUT2D eigenvalue weighted by molar-refractivity contribution is -0.0432. The number of ether oxygens (including phenoxy) is 1. The number of nitrogens with zero attached hydrogens (tertiary/aromatic N) is 3. The lowest BCUT2D eigenvalue weighted by Gasteiger charge is -2.13. The lowest BCUT2D eigenvalue weighted by Crippen LogP contribution is -2.24. The highest BCUT2D eigenvalue weighted by molar-refractivity contribution is 5.81. The molecule has 0 saturated carbocycles. The zero-order valence-electron chi connectivity index (χ0n) is 9.85. The van der Waals surface area contributed by atoms with Gasteiger partial charge in [-0.15, -0.1) is 0 Å². The molecule has 1 saturated heterocycles. The quantitative estimate of drug-likeness (QED) is 0.510. The number of nitrogens with one attached hydrogen (secondary N) is 1. The molecular formula is C10H13N5O4. The fourth-order valence-corrected chi connectivity index (χ4v) is 2.21. The van der Waals surface area contributed by atoms with Gasteiger partial charge in [-0.05, 0) is 0 Å². The van der Waals surface area contributed by atoms with Gasteiger partial charge in [0.1, 0.15) is 23.7 Å². The summed E-state index contributed by atoms with van der Waals surface area (Å²) in [5.74, 6) is 0.131. The van der Waals surface area contributed by atoms with Gasteiger partial charge in [0.05, 0.1) is 19.0 Å². The first kappa shape index (κ1) is 12.1. The molecule has 0 amide bonds. The molecule has 1 aliphatic heterocycles. The summed E-state index contributed by atoms with van der Waals surface area (Å²) < 4.78 is 7.01. The van der Waals surface area contributed by atoms with Crippen LogP contribution in [0, 0.1) is 0 Å². The Kier molecular flexibility index (Phi) is 2.73. The molecule has 3 heterocycles. The standard InChI is InChI=1S/C10H13N5O4/c11-8-7-9(14-10(18)13-8)15(3-12-7)6-1-4(17)5(2-16)19-6/h3-6,16-17H,1-2H2,(H3,11,13,14,18)/t4-,5+,6+/m1/s1. The van der Waals surface area contributed by atoms with Gasteiger partial charge in [-0.3, -0.25) is 9.55 Å². The Morgan fingerprint density at radius 1 is 1.63 bits per heavy atom. The summed E-state index contributed by atoms with van der Waals surface area (Å²) in [5.41, 5.74) is 5.72. The van der Waals surface area contributed by atoms with E-state index in [2.05, 4.69) is 15.0 Å². The van der Waals surface area contributed by atoms with E-state index in [1.54, 1.807) is 0 Å². The van der Waals surface area contributed by atoms with Crippen LogP contribution >= 0.6 is 0 Å². The molecule has 3 atom stereocenters. The van der Waals surface area contributed by atoms with Gasteiger partial charge in [0, 0.05) is 6.42 Å². The molecular weight excluding hydrogens is 254 g/mol. The van der Waals surface area contributed by atoms with Crippen molar-refractivity contribution in [3.63, 3.8) is 0 Å². The molecule has 1 aliphatic rings. The van der Waals surface area contributed by atoms with Crippen LogP contribution in [-0.4, -0.2) is 48.5 Å². The average Bonchev–Trinajstić information content (AvgIpc) is 2.92. The molecule has 9 nitrogen and oxygen atoms in total. The predicted molar refractivity (Wildman–Crippen MR) is 64.2 cm³/mol. The van der Waals surface area contributed by atoms with Crippen LogP contribution in [0.3, 0.4) is 0 Å². The number of hydrogen-bond donors (Lipinski definition) is 4. The summed E-state index contributed by atoms with van der Waals surface area (Å²) >= 11 is 0. The minimum atomic E-state index is -0.771. The number of hydrogen-bond acceptors (Lipinski definition) is 7. The second-order valence-electron chi connectivity index (χ2n) is 4.39. The van der Waals surface area contributed by atoms with Crippen molar-refractivity contribution in [3.8, 4) is 0 Å². The highest BCUT2D eigenvalue weighted by atomic mass is 16.5. The van der Waals surface area contributed by atoms with E-state index in [0.29, 0.717) is 5.52 Å². The SMILES string of the molecule is Nc1[nH]c(=O)nc2c1ncn2[C@@H]1C[C@@H](O)[C@H](CO)O1. The van der Waals surface area contributed by atoms with Crippen molar-refractivity contribution >= 4 is 17.0 Å². The van der Waals surface area contributed by atoms with Crippen molar-refractivity contribution in [1.29, 1.82) is 0 Å². The van der Waals surface area contributed by atoms with Crippen LogP contribution in [0.4, 0.5) is 5.82 Å². The van der Waals surface area contributed by atoms with Gasteiger partial charge in [0.25, 0.3) is 0 Å². The molecule has 0 aliphatic carbocycles. The highest BCUT2D eigenvalue weighted by Crippen LogP contribution is 2.30. The number of nitrogen functional groups attached to an aromatic ring is 1. The monoisotopic (exact) mass is 267 g/mol. The Labute approximate surface area is 106 Å². The van der Waals surface area contributed by atoms with Crippen LogP contribution in [0.15, 0.2) is 11.1 Å². The third-order valence-corrected chi connectivity index (χ3v) is 3.17. The number of rotatable bonds is 2. The second kappa shape index (κ2) is 4.30. The van der Waals surface area contributed by atoms with Gasteiger partial charge in [0.15, 0.2) is 5.65 Å². The lowest BCUT2D eigenvalue weighted by atomic mass is 10.2. The Morgan fingerprint density at radius 2 is 2.42 bits per heavy atom. The first-order chi connectivity index (χ1) is 9.10. The van der Waals surface area contributed by atoms with Crippen LogP contribution in [0.1, 0.15) is 12.6 Å². The van der Waals surface area contributed by atoms with Crippen molar-refractivity contribution in [1.82, 2.24) is 19.5 Å². The maximum Gasteiger partial charge on any atom is 0.348 e. The summed E-state index contributed by atoms with van der Waals surface area (Å²) in [6.45, 7) is -0.277. The maximum atomic E-state index is 11.3. The van der Waals surface area contributed by atoms with Gasteiger partial charge >= 0.3 is 5.69 Å². The number of H-pyrrole nitrogens is 1. The van der Waals surface area contributed by atoms with Crippen molar-refractivity contribution in [3.05, 3.63) is 16.8 Å². The van der Waals surface area contributed by atoms with Gasteiger partial charge in [-0.2, -0.15) is 4.98 Å². The van der Waals surface area contributed by atoms with Crippen LogP contribution in [-0.2, 0) is 4.74 Å². The van der Waals surface area contributed by atoms with E-state index in [0.717, 1.165) is 0 Å². The molecule has 0 unspecified atom stereocenters. The summed E-state index contributed by atoms with van der Waals surface area (Å²) in [7, 11) is 0. The van der Waals surface area contributed by atoms with Crippen LogP contribution in [0.25, 0.3) is 11.2 Å². The third-order valence-electron chi connectivity index (χ3n) is 3.17. The van der Waals surface area contributed by atoms with E-state index < -0.39 is 24.1 Å². The Hall–Kier alpha value is -1.97. The van der Waals surface area contributed by atoms with Crippen LogP contribution in [0.5, 0.6) is 0 Å². The first-order valence-electron chi connectivity index (χ1n) is 5.77. The molecule has 3 rings (SSSR count). The number of fused-ring (bicyclic) bond motifs is 1. The summed E-state index contributed by atoms with van der Waals surface area (Å²) in [6.07, 6.45) is -0.233. The smallest absolute Gasteiger partial charge is 0.348 e. The third kappa shape index (κ3) is 1.87. The van der Waals surface area contributed by atoms with Crippen LogP contribution < -0.4 is 11.4 Å². The molecule has 0 radical (unpaired) electrons. The van der Waals surface area contributed by atoms with Gasteiger partial charge in [0.2, 0.25) is 0 Å². The van der Waals surface area contributed by atoms with E-state index in [4.69, 9.17) is 15.6 Å². The number of aliphatic hydroxyl groups excluding tert-OH is 2. The summed E-state index contributed by atoms with van der Waals surface area (Å²) in [5, 5.41) is 18.8. The second-order valence-corrected chi connectivity index (χ2v) is 4.39. The van der Waals surface area contributed by atoms with Crippen LogP contribution in [0.2, 0.25) is 0 Å². The molecule has 102 valence electrons. The first-order valence-corrected chi connectivity index (χ1v) is 5.77. The zero-order valence-corrected chi connectivity index (χ0v) is 9.85. The number of aromatic nitrogens is 4. The van der Waals surface area contributed by atoms with Gasteiger partial charge in [-0.1, -0.05) is 0 Å². The Morgan fingerprint density at radius 3 is 3.11 bits per heavy atom. The van der Waals surface area contributed by atoms with Crippen molar-refractivity contribution in [2.45, 2.75) is 24.9 Å². The maximum absolute atomic E-state index is 11.3. The largest absolute Gasteiger partial charge is 0.394 e. The Balaban J connectivity index is 2.05. The van der Waals surface area contributed by atoms with Crippen molar-refractivity contribution < 1.29 is 14.9 Å². The van der Waals surface area contributed by atoms with Crippen molar-refractivity contribution in [2.24, 2.45) is 0 Å². The molecule has 1 fully saturated rings. The fourth-order valence-electron chi connectivity index (χ4n) is 2.21. The summed E-state index contributed by atoms with van der Waals surface area (Å²) in [4.78, 5) is 21.6. The van der Waals surface area contributed by atoms with E-state index in [-0.39, 0.29) is 24.5 Å². The van der Waals surface area contributed by atoms with Gasteiger partial charge in [-0.25, -0.2) is 9.78 Å². The molecule has 19 heavy (non-hydrogen) atoms. The molecule has 2 aromatic heterocycles. The molecule has 0 bridgehead atoms. The van der Waals surface area contributed by atoms with E-state index >= 15 is 0 Å². The number of imidazole rings is 1. The molecule has 5 N–H and O–H groups in total. The molecule has 0 spiro atoms. The molecule has 2 aromatic rings. The van der Waals surface area contributed by atoms with E-state index in [1.165, 1.54) is 10.9 Å². The van der Waals surface area contributed by atoms with E-state index in [9.17, 15) is 9.90 Å². The number of anilines is 1. The molecule has 0 aromatic carbocycles. The molecule has 9 heteroatoms. The topological polar surface area (TPSA) is 139 Å². The Bertz CT molecular complexity index is 665. The van der Waals surface area contributed by atoms with Crippen molar-refractivity contribution in [2.75, 3.05) is 12.3 Å². The minimum absolute atomic E-state index is 0.131. The number of aromatic amines is 1. The highest BCUT2D eigenvalue weighted by Gasteiger charge is 2.35. The predicted octanol–water partition coefficient (Wildman–Crippen LogP) is -1.66. The zero-order chi connectivity index (χ0) is 13.6. The fraction of sp³-hybridized carbons (Fsp3) is 0.500. The average molecular weight is 267 g/mol. The minimum Gasteiger partial charge on any atom is -0.394 e. The number of nitrogens with two attached hydrogens (primary N) is 1. The number of aliphatic hydroxyl groups is 2. The van der Waals surface area contributed by atoms with E-state index in [1.807, 2.05) is 0 Å². The summed E-state index contributed by atoms with van der Waals surface area (Å²) in [6, 6.07) is 0. The normalized spacial score (nSPS) is 27.2. The van der Waals surface area contributed by atoms with Gasteiger partial charge < -0.3 is 20.7 Å².